The van der Waals surface area contributed by atoms with Crippen LogP contribution in [0, 0.1) is 0 Å². The van der Waals surface area contributed by atoms with E-state index in [1.54, 1.807) is 13.8 Å². The molecule has 22 heavy (non-hydrogen) atoms. The summed E-state index contributed by atoms with van der Waals surface area (Å²) in [5.41, 5.74) is -1.29. The number of aliphatic carboxylic acids is 1. The van der Waals surface area contributed by atoms with Crippen molar-refractivity contribution < 1.29 is 27.9 Å². The third kappa shape index (κ3) is 6.15. The van der Waals surface area contributed by atoms with Crippen LogP contribution in [-0.2, 0) is 22.2 Å². The molecule has 7 heteroatoms. The van der Waals surface area contributed by atoms with Gasteiger partial charge in [-0.2, -0.15) is 13.2 Å². The molecule has 1 rings (SSSR count). The van der Waals surface area contributed by atoms with Gasteiger partial charge in [-0.15, -0.1) is 0 Å². The first kappa shape index (κ1) is 18.0. The summed E-state index contributed by atoms with van der Waals surface area (Å²) in [6.45, 7) is 3.33. The maximum Gasteiger partial charge on any atom is 0.416 e. The molecule has 0 radical (unpaired) electrons. The summed E-state index contributed by atoms with van der Waals surface area (Å²) in [5, 5.41) is 11.3. The van der Waals surface area contributed by atoms with Crippen molar-refractivity contribution >= 4 is 11.9 Å². The number of alkyl halides is 3. The number of halogens is 3. The van der Waals surface area contributed by atoms with E-state index < -0.39 is 29.2 Å². The largest absolute Gasteiger partial charge is 0.481 e. The van der Waals surface area contributed by atoms with Crippen LogP contribution in [0.5, 0.6) is 0 Å². The van der Waals surface area contributed by atoms with Gasteiger partial charge < -0.3 is 10.4 Å². The summed E-state index contributed by atoms with van der Waals surface area (Å²) in [6.07, 6.45) is -4.51. The molecule has 2 N–H and O–H groups in total. The zero-order valence-electron chi connectivity index (χ0n) is 12.3. The van der Waals surface area contributed by atoms with Crippen molar-refractivity contribution in [3.05, 3.63) is 35.4 Å². The highest BCUT2D eigenvalue weighted by molar-refractivity contribution is 5.79. The summed E-state index contributed by atoms with van der Waals surface area (Å²) in [6, 6.07) is 4.57. The normalized spacial score (nSPS) is 12.0. The molecule has 0 aliphatic rings. The number of carbonyl (C=O) groups is 2. The van der Waals surface area contributed by atoms with Gasteiger partial charge in [0.1, 0.15) is 0 Å². The van der Waals surface area contributed by atoms with Crippen LogP contribution in [0.2, 0.25) is 0 Å². The smallest absolute Gasteiger partial charge is 0.416 e. The topological polar surface area (TPSA) is 66.4 Å². The van der Waals surface area contributed by atoms with Gasteiger partial charge in [-0.3, -0.25) is 9.59 Å². The number of carbonyl (C=O) groups excluding carboxylic acids is 1. The number of nitrogens with one attached hydrogen (secondary N) is 1. The Morgan fingerprint density at radius 3 is 2.41 bits per heavy atom. The Balaban J connectivity index is 2.67. The fourth-order valence-corrected chi connectivity index (χ4v) is 1.95. The number of benzene rings is 1. The Morgan fingerprint density at radius 1 is 1.23 bits per heavy atom. The quantitative estimate of drug-likeness (QED) is 0.847. The maximum atomic E-state index is 12.6. The van der Waals surface area contributed by atoms with Crippen LogP contribution in [0.15, 0.2) is 24.3 Å². The third-order valence-electron chi connectivity index (χ3n) is 3.06. The van der Waals surface area contributed by atoms with E-state index in [0.717, 1.165) is 12.1 Å². The van der Waals surface area contributed by atoms with Gasteiger partial charge in [0.05, 0.1) is 12.0 Å². The molecular formula is C15H18F3NO3. The average molecular weight is 317 g/mol. The number of rotatable bonds is 6. The lowest BCUT2D eigenvalue weighted by Gasteiger charge is -2.25. The summed E-state index contributed by atoms with van der Waals surface area (Å²) in [7, 11) is 0. The minimum absolute atomic E-state index is 0.100. The first-order valence-corrected chi connectivity index (χ1v) is 6.68. The second-order valence-electron chi connectivity index (χ2n) is 5.70. The minimum atomic E-state index is -4.45. The number of hydrogen-bond donors (Lipinski definition) is 2. The Bertz CT molecular complexity index is 553. The number of hydrogen-bond acceptors (Lipinski definition) is 2. The Labute approximate surface area is 126 Å². The van der Waals surface area contributed by atoms with Crippen molar-refractivity contribution in [2.24, 2.45) is 0 Å². The van der Waals surface area contributed by atoms with E-state index >= 15 is 0 Å². The van der Waals surface area contributed by atoms with Crippen molar-refractivity contribution in [1.29, 1.82) is 0 Å². The monoisotopic (exact) mass is 317 g/mol. The first-order valence-electron chi connectivity index (χ1n) is 6.68. The molecule has 0 aliphatic carbocycles. The molecular weight excluding hydrogens is 299 g/mol. The fraction of sp³-hybridized carbons (Fsp3) is 0.467. The van der Waals surface area contributed by atoms with Crippen molar-refractivity contribution in [2.75, 3.05) is 0 Å². The van der Waals surface area contributed by atoms with Crippen LogP contribution in [0.25, 0.3) is 0 Å². The number of carboxylic acid groups (broad SMARTS) is 1. The van der Waals surface area contributed by atoms with Crippen LogP contribution in [-0.4, -0.2) is 22.5 Å². The predicted molar refractivity (Wildman–Crippen MR) is 74.2 cm³/mol. The van der Waals surface area contributed by atoms with Crippen molar-refractivity contribution in [3.63, 3.8) is 0 Å². The van der Waals surface area contributed by atoms with E-state index in [9.17, 15) is 22.8 Å². The molecule has 0 saturated carbocycles. The number of amides is 1. The summed E-state index contributed by atoms with van der Waals surface area (Å²) in [5.74, 6) is -1.42. The summed E-state index contributed by atoms with van der Waals surface area (Å²) in [4.78, 5) is 22.4. The third-order valence-corrected chi connectivity index (χ3v) is 3.06. The molecule has 1 aromatic rings. The molecule has 0 spiro atoms. The molecule has 4 nitrogen and oxygen atoms in total. The van der Waals surface area contributed by atoms with E-state index in [-0.39, 0.29) is 24.8 Å². The van der Waals surface area contributed by atoms with Crippen LogP contribution < -0.4 is 5.32 Å². The molecule has 1 aromatic carbocycles. The Kier molecular flexibility index (Phi) is 5.57. The van der Waals surface area contributed by atoms with Crippen molar-refractivity contribution in [1.82, 2.24) is 5.32 Å². The predicted octanol–water partition coefficient (Wildman–Crippen LogP) is 3.01. The van der Waals surface area contributed by atoms with Gasteiger partial charge in [0.15, 0.2) is 0 Å². The van der Waals surface area contributed by atoms with E-state index in [0.29, 0.717) is 0 Å². The Morgan fingerprint density at radius 2 is 1.86 bits per heavy atom. The summed E-state index contributed by atoms with van der Waals surface area (Å²) < 4.78 is 37.8. The fourth-order valence-electron chi connectivity index (χ4n) is 1.95. The molecule has 122 valence electrons. The van der Waals surface area contributed by atoms with E-state index in [4.69, 9.17) is 5.11 Å². The van der Waals surface area contributed by atoms with Gasteiger partial charge in [-0.05, 0) is 31.9 Å². The molecule has 0 heterocycles. The molecule has 1 amide bonds. The zero-order valence-corrected chi connectivity index (χ0v) is 12.3. The highest BCUT2D eigenvalue weighted by Gasteiger charge is 2.30. The van der Waals surface area contributed by atoms with E-state index in [1.807, 2.05) is 0 Å². The first-order chi connectivity index (χ1) is 9.99. The molecule has 0 aliphatic heterocycles. The zero-order chi connectivity index (χ0) is 17.0. The second-order valence-corrected chi connectivity index (χ2v) is 5.70. The minimum Gasteiger partial charge on any atom is -0.481 e. The number of carboxylic acids is 1. The van der Waals surface area contributed by atoms with Gasteiger partial charge in [0, 0.05) is 12.0 Å². The van der Waals surface area contributed by atoms with Crippen molar-refractivity contribution in [3.8, 4) is 0 Å². The van der Waals surface area contributed by atoms with Crippen LogP contribution in [0.3, 0.4) is 0 Å². The maximum absolute atomic E-state index is 12.6. The standard InChI is InChI=1S/C15H18F3NO3/c1-14(2,7-6-13(21)22)19-12(20)9-10-4-3-5-11(8-10)15(16,17)18/h3-5,8H,6-7,9H2,1-2H3,(H,19,20)(H,21,22). The van der Waals surface area contributed by atoms with E-state index in [2.05, 4.69) is 5.32 Å². The van der Waals surface area contributed by atoms with Gasteiger partial charge in [-0.25, -0.2) is 0 Å². The molecule has 0 bridgehead atoms. The highest BCUT2D eigenvalue weighted by atomic mass is 19.4. The van der Waals surface area contributed by atoms with Gasteiger partial charge in [-0.1, -0.05) is 18.2 Å². The molecule has 0 aromatic heterocycles. The van der Waals surface area contributed by atoms with E-state index in [1.165, 1.54) is 12.1 Å². The molecule has 0 unspecified atom stereocenters. The molecule has 0 atom stereocenters. The lowest BCUT2D eigenvalue weighted by Crippen LogP contribution is -2.44. The molecule has 0 saturated heterocycles. The highest BCUT2D eigenvalue weighted by Crippen LogP contribution is 2.29. The lowest BCUT2D eigenvalue weighted by molar-refractivity contribution is -0.138. The summed E-state index contributed by atoms with van der Waals surface area (Å²) >= 11 is 0. The van der Waals surface area contributed by atoms with Crippen LogP contribution >= 0.6 is 0 Å². The Hall–Kier alpha value is -2.05. The van der Waals surface area contributed by atoms with Gasteiger partial charge in [0.25, 0.3) is 0 Å². The van der Waals surface area contributed by atoms with Crippen LogP contribution in [0.1, 0.15) is 37.8 Å². The van der Waals surface area contributed by atoms with Crippen molar-refractivity contribution in [2.45, 2.75) is 44.8 Å². The SMILES string of the molecule is CC(C)(CCC(=O)O)NC(=O)Cc1cccc(C(F)(F)F)c1. The molecule has 0 fully saturated rings. The van der Waals surface area contributed by atoms with Crippen LogP contribution in [0.4, 0.5) is 13.2 Å². The van der Waals surface area contributed by atoms with Gasteiger partial charge in [0.2, 0.25) is 5.91 Å². The van der Waals surface area contributed by atoms with Gasteiger partial charge >= 0.3 is 12.1 Å². The lowest BCUT2D eigenvalue weighted by atomic mass is 9.97. The average Bonchev–Trinajstić information content (AvgIpc) is 2.35. The second kappa shape index (κ2) is 6.81.